The summed E-state index contributed by atoms with van der Waals surface area (Å²) in [6, 6.07) is 7.71. The van der Waals surface area contributed by atoms with Crippen molar-refractivity contribution in [3.63, 3.8) is 0 Å². The molecule has 4 rings (SSSR count). The lowest BCUT2D eigenvalue weighted by molar-refractivity contribution is -0.00416. The molecule has 128 valence electrons. The first-order valence-corrected chi connectivity index (χ1v) is 9.19. The lowest BCUT2D eigenvalue weighted by atomic mass is 9.91. The molecule has 0 amide bonds. The van der Waals surface area contributed by atoms with Crippen LogP contribution in [0.4, 0.5) is 0 Å². The van der Waals surface area contributed by atoms with Crippen LogP contribution in [0.3, 0.4) is 0 Å². The van der Waals surface area contributed by atoms with Crippen LogP contribution >= 0.6 is 11.6 Å². The normalized spacial score (nSPS) is 18.1. The highest BCUT2D eigenvalue weighted by Crippen LogP contribution is 2.51. The summed E-state index contributed by atoms with van der Waals surface area (Å²) < 4.78 is 1.84. The summed E-state index contributed by atoms with van der Waals surface area (Å²) in [4.78, 5) is 0. The third-order valence-electron chi connectivity index (χ3n) is 5.39. The number of nitrogens with zero attached hydrogens (tertiary/aromatic N) is 2. The Kier molecular flexibility index (Phi) is 4.15. The summed E-state index contributed by atoms with van der Waals surface area (Å²) in [6.07, 6.45) is 6.74. The molecule has 24 heavy (non-hydrogen) atoms. The highest BCUT2D eigenvalue weighted by molar-refractivity contribution is 6.32. The van der Waals surface area contributed by atoms with Gasteiger partial charge in [-0.1, -0.05) is 23.7 Å². The Balaban J connectivity index is 1.43. The fourth-order valence-electron chi connectivity index (χ4n) is 3.62. The molecule has 0 aliphatic heterocycles. The fraction of sp³-hybridized carbons (Fsp3) is 0.526. The molecular formula is C19H24ClN3O. The summed E-state index contributed by atoms with van der Waals surface area (Å²) >= 11 is 6.26. The van der Waals surface area contributed by atoms with E-state index in [0.717, 1.165) is 23.5 Å². The van der Waals surface area contributed by atoms with E-state index in [4.69, 9.17) is 11.6 Å². The third-order valence-corrected chi connectivity index (χ3v) is 5.71. The van der Waals surface area contributed by atoms with Crippen LogP contribution in [0.25, 0.3) is 5.69 Å². The average molecular weight is 346 g/mol. The van der Waals surface area contributed by atoms with Gasteiger partial charge in [-0.3, -0.25) is 0 Å². The summed E-state index contributed by atoms with van der Waals surface area (Å²) in [5.41, 5.74) is 2.53. The Morgan fingerprint density at radius 1 is 1.25 bits per heavy atom. The molecule has 0 spiro atoms. The highest BCUT2D eigenvalue weighted by atomic mass is 35.5. The molecule has 0 bridgehead atoms. The average Bonchev–Trinajstić information content (AvgIpc) is 3.46. The smallest absolute Gasteiger partial charge is 0.0831 e. The van der Waals surface area contributed by atoms with Gasteiger partial charge in [-0.2, -0.15) is 5.10 Å². The van der Waals surface area contributed by atoms with Crippen molar-refractivity contribution in [1.29, 1.82) is 0 Å². The van der Waals surface area contributed by atoms with Gasteiger partial charge in [0.2, 0.25) is 0 Å². The molecule has 1 aromatic carbocycles. The Hall–Kier alpha value is -1.36. The van der Waals surface area contributed by atoms with Gasteiger partial charge in [0, 0.05) is 24.8 Å². The number of hydrogen-bond acceptors (Lipinski definition) is 3. The first-order valence-electron chi connectivity index (χ1n) is 8.81. The SMILES string of the molecule is Cc1nn(-c2ccccc2Cl)cc1CNCC(O)(C1CC1)C1CC1. The minimum atomic E-state index is -0.493. The van der Waals surface area contributed by atoms with E-state index in [-0.39, 0.29) is 0 Å². The van der Waals surface area contributed by atoms with Crippen LogP contribution in [0.2, 0.25) is 5.02 Å². The quantitative estimate of drug-likeness (QED) is 0.807. The molecule has 0 unspecified atom stereocenters. The van der Waals surface area contributed by atoms with E-state index in [9.17, 15) is 5.11 Å². The number of aryl methyl sites for hydroxylation is 1. The predicted molar refractivity (Wildman–Crippen MR) is 95.4 cm³/mol. The Morgan fingerprint density at radius 2 is 1.92 bits per heavy atom. The molecule has 2 aliphatic rings. The number of benzene rings is 1. The second-order valence-electron chi connectivity index (χ2n) is 7.28. The molecule has 2 fully saturated rings. The van der Waals surface area contributed by atoms with Gasteiger partial charge < -0.3 is 10.4 Å². The molecular weight excluding hydrogens is 322 g/mol. The van der Waals surface area contributed by atoms with E-state index in [0.29, 0.717) is 23.4 Å². The van der Waals surface area contributed by atoms with Crippen molar-refractivity contribution >= 4 is 11.6 Å². The highest BCUT2D eigenvalue weighted by Gasteiger charge is 2.52. The standard InChI is InChI=1S/C19H24ClN3O/c1-13-14(11-23(22-13)18-5-3-2-4-17(18)20)10-21-12-19(24,15-6-7-15)16-8-9-16/h2-5,11,15-16,21,24H,6-10,12H2,1H3. The number of nitrogens with one attached hydrogen (secondary N) is 1. The van der Waals surface area contributed by atoms with Crippen molar-refractivity contribution in [1.82, 2.24) is 15.1 Å². The van der Waals surface area contributed by atoms with Crippen LogP contribution in [-0.2, 0) is 6.54 Å². The zero-order valence-electron chi connectivity index (χ0n) is 14.0. The molecule has 0 saturated heterocycles. The number of para-hydroxylation sites is 1. The van der Waals surface area contributed by atoms with E-state index in [1.807, 2.05) is 42.1 Å². The third kappa shape index (κ3) is 3.10. The Bertz CT molecular complexity index is 722. The van der Waals surface area contributed by atoms with Crippen LogP contribution in [0, 0.1) is 18.8 Å². The summed E-state index contributed by atoms with van der Waals surface area (Å²) in [7, 11) is 0. The van der Waals surface area contributed by atoms with Crippen LogP contribution in [0.15, 0.2) is 30.5 Å². The minimum absolute atomic E-state index is 0.493. The topological polar surface area (TPSA) is 50.1 Å². The molecule has 2 saturated carbocycles. The molecule has 2 aliphatic carbocycles. The first-order chi connectivity index (χ1) is 11.6. The number of rotatable bonds is 7. The van der Waals surface area contributed by atoms with E-state index in [1.165, 1.54) is 25.7 Å². The van der Waals surface area contributed by atoms with Gasteiger partial charge in [-0.15, -0.1) is 0 Å². The van der Waals surface area contributed by atoms with Gasteiger partial charge in [0.05, 0.1) is 22.0 Å². The van der Waals surface area contributed by atoms with E-state index in [2.05, 4.69) is 10.4 Å². The molecule has 0 radical (unpaired) electrons. The van der Waals surface area contributed by atoms with Crippen molar-refractivity contribution in [3.8, 4) is 5.69 Å². The second kappa shape index (κ2) is 6.17. The molecule has 1 aromatic heterocycles. The van der Waals surface area contributed by atoms with Crippen molar-refractivity contribution in [3.05, 3.63) is 46.7 Å². The number of hydrogen-bond donors (Lipinski definition) is 2. The van der Waals surface area contributed by atoms with E-state index in [1.54, 1.807) is 0 Å². The molecule has 2 N–H and O–H groups in total. The second-order valence-corrected chi connectivity index (χ2v) is 7.69. The monoisotopic (exact) mass is 345 g/mol. The van der Waals surface area contributed by atoms with Crippen molar-refractivity contribution in [2.24, 2.45) is 11.8 Å². The van der Waals surface area contributed by atoms with Crippen molar-refractivity contribution < 1.29 is 5.11 Å². The van der Waals surface area contributed by atoms with Crippen molar-refractivity contribution in [2.75, 3.05) is 6.54 Å². The summed E-state index contributed by atoms with van der Waals surface area (Å²) in [6.45, 7) is 3.41. The van der Waals surface area contributed by atoms with Crippen LogP contribution < -0.4 is 5.32 Å². The lowest BCUT2D eigenvalue weighted by Crippen LogP contribution is -2.44. The van der Waals surface area contributed by atoms with Gasteiger partial charge >= 0.3 is 0 Å². The molecule has 4 nitrogen and oxygen atoms in total. The van der Waals surface area contributed by atoms with E-state index < -0.39 is 5.60 Å². The molecule has 5 heteroatoms. The van der Waals surface area contributed by atoms with E-state index >= 15 is 0 Å². The molecule has 0 atom stereocenters. The lowest BCUT2D eigenvalue weighted by Gasteiger charge is -2.28. The Morgan fingerprint density at radius 3 is 2.54 bits per heavy atom. The summed E-state index contributed by atoms with van der Waals surface area (Å²) in [5, 5.41) is 19.7. The van der Waals surface area contributed by atoms with Crippen LogP contribution in [0.1, 0.15) is 36.9 Å². The largest absolute Gasteiger partial charge is 0.388 e. The van der Waals surface area contributed by atoms with Crippen LogP contribution in [0.5, 0.6) is 0 Å². The van der Waals surface area contributed by atoms with Gasteiger partial charge in [0.15, 0.2) is 0 Å². The number of halogens is 1. The van der Waals surface area contributed by atoms with Gasteiger partial charge in [0.25, 0.3) is 0 Å². The summed E-state index contributed by atoms with van der Waals surface area (Å²) in [5.74, 6) is 1.01. The predicted octanol–water partition coefficient (Wildman–Crippen LogP) is 3.47. The maximum Gasteiger partial charge on any atom is 0.0831 e. The zero-order chi connectivity index (χ0) is 16.7. The maximum absolute atomic E-state index is 11.0. The number of aliphatic hydroxyl groups is 1. The molecule has 2 aromatic rings. The fourth-order valence-corrected chi connectivity index (χ4v) is 3.84. The maximum atomic E-state index is 11.0. The molecule has 1 heterocycles. The minimum Gasteiger partial charge on any atom is -0.388 e. The zero-order valence-corrected chi connectivity index (χ0v) is 14.8. The van der Waals surface area contributed by atoms with Crippen molar-refractivity contribution in [2.45, 2.75) is 44.8 Å². The number of aromatic nitrogens is 2. The van der Waals surface area contributed by atoms with Gasteiger partial charge in [0.1, 0.15) is 0 Å². The first kappa shape index (κ1) is 16.1. The van der Waals surface area contributed by atoms with Crippen LogP contribution in [-0.4, -0.2) is 27.0 Å². The van der Waals surface area contributed by atoms with Gasteiger partial charge in [-0.25, -0.2) is 4.68 Å². The van der Waals surface area contributed by atoms with Gasteiger partial charge in [-0.05, 0) is 56.6 Å². The Labute approximate surface area is 147 Å².